The number of benzene rings is 1. The first-order valence-electron chi connectivity index (χ1n) is 10.1. The molecule has 5 rings (SSSR count). The van der Waals surface area contributed by atoms with Crippen LogP contribution in [0.5, 0.6) is 0 Å². The standard InChI is InChI=1S/C22H11Cl7N2O4S/c23-10-5-3-9(4-6-10)17(33)30(8-11(32)12-2-1-7-36-12)31-18(34)13-14(19(31)35)21(27)16(25)15(24)20(13,26)22(21,28)29/h1-7,13-14H,8H2/t13-,14-,20-,21-/m1/s1. The van der Waals surface area contributed by atoms with Crippen molar-refractivity contribution in [1.29, 1.82) is 0 Å². The van der Waals surface area contributed by atoms with Crippen LogP contribution in [-0.2, 0) is 9.59 Å². The van der Waals surface area contributed by atoms with Crippen molar-refractivity contribution in [2.75, 3.05) is 6.54 Å². The van der Waals surface area contributed by atoms with Crippen molar-refractivity contribution in [2.45, 2.75) is 14.1 Å². The van der Waals surface area contributed by atoms with Gasteiger partial charge in [-0.1, -0.05) is 64.1 Å². The van der Waals surface area contributed by atoms with Crippen LogP contribution in [0, 0.1) is 11.8 Å². The maximum absolute atomic E-state index is 13.8. The topological polar surface area (TPSA) is 74.8 Å². The third-order valence-electron chi connectivity index (χ3n) is 6.54. The monoisotopic (exact) mass is 644 g/mol. The van der Waals surface area contributed by atoms with Crippen LogP contribution in [0.1, 0.15) is 20.0 Å². The maximum Gasteiger partial charge on any atom is 0.273 e. The summed E-state index contributed by atoms with van der Waals surface area (Å²) in [6.07, 6.45) is 0. The highest BCUT2D eigenvalue weighted by molar-refractivity contribution is 7.12. The van der Waals surface area contributed by atoms with Crippen LogP contribution in [0.3, 0.4) is 0 Å². The van der Waals surface area contributed by atoms with E-state index < -0.39 is 56.0 Å². The minimum Gasteiger partial charge on any atom is -0.291 e. The van der Waals surface area contributed by atoms with E-state index in [0.29, 0.717) is 14.9 Å². The Balaban J connectivity index is 1.60. The fourth-order valence-electron chi connectivity index (χ4n) is 4.84. The lowest BCUT2D eigenvalue weighted by molar-refractivity contribution is -0.154. The Morgan fingerprint density at radius 2 is 1.42 bits per heavy atom. The number of thiophene rings is 1. The van der Waals surface area contributed by atoms with Gasteiger partial charge in [0.05, 0.1) is 26.8 Å². The zero-order chi connectivity index (χ0) is 26.4. The van der Waals surface area contributed by atoms with Gasteiger partial charge in [-0.2, -0.15) is 5.01 Å². The number of halogens is 7. The summed E-state index contributed by atoms with van der Waals surface area (Å²) in [6, 6.07) is 8.91. The van der Waals surface area contributed by atoms with Crippen LogP contribution in [0.15, 0.2) is 51.8 Å². The quantitative estimate of drug-likeness (QED) is 0.224. The highest BCUT2D eigenvalue weighted by atomic mass is 35.5. The third-order valence-corrected chi connectivity index (χ3v) is 12.0. The second kappa shape index (κ2) is 8.75. The van der Waals surface area contributed by atoms with E-state index >= 15 is 0 Å². The molecule has 36 heavy (non-hydrogen) atoms. The van der Waals surface area contributed by atoms with Crippen LogP contribution in [0.25, 0.3) is 0 Å². The molecule has 1 saturated carbocycles. The zero-order valence-corrected chi connectivity index (χ0v) is 23.6. The van der Waals surface area contributed by atoms with E-state index in [1.165, 1.54) is 24.3 Å². The Hall–Kier alpha value is -1.03. The van der Waals surface area contributed by atoms with Gasteiger partial charge in [-0.25, -0.2) is 5.01 Å². The fraction of sp³-hybridized carbons (Fsp3) is 0.273. The fourth-order valence-corrected chi connectivity index (χ4v) is 8.56. The zero-order valence-electron chi connectivity index (χ0n) is 17.5. The summed E-state index contributed by atoms with van der Waals surface area (Å²) in [4.78, 5) is 50.3. The molecule has 2 fully saturated rings. The summed E-state index contributed by atoms with van der Waals surface area (Å²) in [5, 5.41) is 2.82. The molecule has 3 amide bonds. The predicted octanol–water partition coefficient (Wildman–Crippen LogP) is 6.09. The van der Waals surface area contributed by atoms with Crippen molar-refractivity contribution in [2.24, 2.45) is 11.8 Å². The molecule has 1 aliphatic heterocycles. The van der Waals surface area contributed by atoms with Crippen LogP contribution in [0.2, 0.25) is 5.02 Å². The minimum absolute atomic E-state index is 0.0680. The van der Waals surface area contributed by atoms with Crippen molar-refractivity contribution in [3.63, 3.8) is 0 Å². The molecule has 1 aromatic heterocycles. The Labute approximate surface area is 243 Å². The molecule has 0 unspecified atom stereocenters. The van der Waals surface area contributed by atoms with E-state index in [9.17, 15) is 19.2 Å². The summed E-state index contributed by atoms with van der Waals surface area (Å²) >= 11 is 46.3. The van der Waals surface area contributed by atoms with Gasteiger partial charge in [0.1, 0.15) is 16.3 Å². The average molecular weight is 648 g/mol. The largest absolute Gasteiger partial charge is 0.291 e. The molecule has 4 atom stereocenters. The molecule has 0 spiro atoms. The van der Waals surface area contributed by atoms with Crippen molar-refractivity contribution >= 4 is 116 Å². The van der Waals surface area contributed by atoms with Gasteiger partial charge in [-0.3, -0.25) is 19.2 Å². The van der Waals surface area contributed by atoms with Crippen LogP contribution >= 0.6 is 92.5 Å². The second-order valence-corrected chi connectivity index (χ2v) is 13.0. The van der Waals surface area contributed by atoms with Crippen molar-refractivity contribution in [3.05, 3.63) is 67.3 Å². The number of rotatable bonds is 5. The van der Waals surface area contributed by atoms with Crippen molar-refractivity contribution < 1.29 is 19.2 Å². The van der Waals surface area contributed by atoms with Crippen LogP contribution in [-0.4, -0.2) is 54.1 Å². The molecule has 2 aliphatic carbocycles. The number of hydrogen-bond acceptors (Lipinski definition) is 5. The number of allylic oxidation sites excluding steroid dienone is 2. The van der Waals surface area contributed by atoms with Crippen molar-refractivity contribution in [1.82, 2.24) is 10.0 Å². The third kappa shape index (κ3) is 3.24. The molecule has 2 bridgehead atoms. The summed E-state index contributed by atoms with van der Waals surface area (Å²) in [7, 11) is 0. The number of alkyl halides is 4. The SMILES string of the molecule is O=C(CN(C(=O)c1ccc(Cl)cc1)N1C(=O)[C@H]2[C@H](C1=O)[C@@]1(Cl)C(Cl)=C(Cl)[C@@]2(Cl)C1(Cl)Cl)c1cccs1. The van der Waals surface area contributed by atoms with Crippen LogP contribution in [0.4, 0.5) is 0 Å². The van der Waals surface area contributed by atoms with Gasteiger partial charge in [-0.05, 0) is 35.7 Å². The van der Waals surface area contributed by atoms with E-state index in [-0.39, 0.29) is 15.6 Å². The first-order chi connectivity index (χ1) is 16.8. The Bertz CT molecular complexity index is 1320. The van der Waals surface area contributed by atoms with Crippen LogP contribution < -0.4 is 0 Å². The number of carbonyl (C=O) groups excluding carboxylic acids is 4. The normalized spacial score (nSPS) is 30.2. The number of hydrogen-bond donors (Lipinski definition) is 0. The summed E-state index contributed by atoms with van der Waals surface area (Å²) in [5.74, 6) is -6.12. The summed E-state index contributed by atoms with van der Waals surface area (Å²) in [6.45, 7) is -0.634. The number of hydrazine groups is 1. The van der Waals surface area contributed by atoms with Crippen molar-refractivity contribution in [3.8, 4) is 0 Å². The Kier molecular flexibility index (Phi) is 6.46. The van der Waals surface area contributed by atoms with Gasteiger partial charge in [0, 0.05) is 10.6 Å². The molecular weight excluding hydrogens is 636 g/mol. The van der Waals surface area contributed by atoms with Gasteiger partial charge >= 0.3 is 0 Å². The molecule has 0 radical (unpaired) electrons. The van der Waals surface area contributed by atoms with Gasteiger partial charge in [0.2, 0.25) is 0 Å². The molecule has 1 saturated heterocycles. The molecule has 3 aliphatic rings. The molecule has 1 aromatic carbocycles. The Morgan fingerprint density at radius 3 is 1.89 bits per heavy atom. The number of amides is 3. The van der Waals surface area contributed by atoms with Gasteiger partial charge in [0.15, 0.2) is 10.1 Å². The number of nitrogens with zero attached hydrogens (tertiary/aromatic N) is 2. The molecule has 2 heterocycles. The van der Waals surface area contributed by atoms with E-state index in [2.05, 4.69) is 0 Å². The first-order valence-corrected chi connectivity index (χ1v) is 13.7. The molecule has 2 aromatic rings. The van der Waals surface area contributed by atoms with Gasteiger partial charge in [-0.15, -0.1) is 34.5 Å². The lowest BCUT2D eigenvalue weighted by atomic mass is 9.84. The minimum atomic E-state index is -2.12. The first kappa shape index (κ1) is 26.6. The number of imide groups is 1. The number of Topliss-reactive ketones (excluding diaryl/α,β-unsaturated/α-hetero) is 1. The number of ketones is 1. The van der Waals surface area contributed by atoms with E-state index in [1.54, 1.807) is 17.5 Å². The highest BCUT2D eigenvalue weighted by Crippen LogP contribution is 2.77. The molecule has 188 valence electrons. The van der Waals surface area contributed by atoms with E-state index in [1.807, 2.05) is 0 Å². The lowest BCUT2D eigenvalue weighted by Gasteiger charge is -2.36. The van der Waals surface area contributed by atoms with E-state index in [4.69, 9.17) is 81.2 Å². The number of fused-ring (bicyclic) bond motifs is 5. The van der Waals surface area contributed by atoms with Gasteiger partial charge in [0.25, 0.3) is 17.7 Å². The predicted molar refractivity (Wildman–Crippen MR) is 140 cm³/mol. The Morgan fingerprint density at radius 1 is 0.889 bits per heavy atom. The molecular formula is C22H11Cl7N2O4S. The van der Waals surface area contributed by atoms with Gasteiger partial charge < -0.3 is 0 Å². The average Bonchev–Trinajstić information content (AvgIpc) is 3.52. The highest BCUT2D eigenvalue weighted by Gasteiger charge is 2.88. The molecule has 6 nitrogen and oxygen atoms in total. The lowest BCUT2D eigenvalue weighted by Crippen LogP contribution is -2.56. The van der Waals surface area contributed by atoms with E-state index in [0.717, 1.165) is 16.3 Å². The molecule has 0 N–H and O–H groups in total. The second-order valence-electron chi connectivity index (χ2n) is 8.34. The molecule has 14 heteroatoms. The number of carbonyl (C=O) groups is 4. The maximum atomic E-state index is 13.8. The summed E-state index contributed by atoms with van der Waals surface area (Å²) in [5.41, 5.74) is 0.0680. The summed E-state index contributed by atoms with van der Waals surface area (Å²) < 4.78 is -2.12. The smallest absolute Gasteiger partial charge is 0.273 e.